The molecule has 1 heterocycles. The topological polar surface area (TPSA) is 17.8 Å². The SMILES string of the molecule is Cc1nn(-c2ccc(Cl)cc2F)cc1Cl. The van der Waals surface area contributed by atoms with Crippen LogP contribution < -0.4 is 0 Å². The molecule has 15 heavy (non-hydrogen) atoms. The average molecular weight is 245 g/mol. The minimum atomic E-state index is -0.429. The van der Waals surface area contributed by atoms with Gasteiger partial charge in [-0.1, -0.05) is 23.2 Å². The molecule has 0 aliphatic rings. The Morgan fingerprint density at radius 2 is 2.07 bits per heavy atom. The molecule has 1 aromatic carbocycles. The van der Waals surface area contributed by atoms with E-state index in [4.69, 9.17) is 23.2 Å². The van der Waals surface area contributed by atoms with E-state index in [9.17, 15) is 4.39 Å². The predicted molar refractivity (Wildman–Crippen MR) is 58.3 cm³/mol. The van der Waals surface area contributed by atoms with Crippen molar-refractivity contribution in [3.05, 3.63) is 46.0 Å². The summed E-state index contributed by atoms with van der Waals surface area (Å²) in [7, 11) is 0. The number of aromatic nitrogens is 2. The van der Waals surface area contributed by atoms with Crippen molar-refractivity contribution >= 4 is 23.2 Å². The molecule has 2 aromatic rings. The lowest BCUT2D eigenvalue weighted by molar-refractivity contribution is 0.610. The third-order valence-electron chi connectivity index (χ3n) is 2.00. The second-order valence-electron chi connectivity index (χ2n) is 3.10. The maximum Gasteiger partial charge on any atom is 0.150 e. The van der Waals surface area contributed by atoms with E-state index in [-0.39, 0.29) is 0 Å². The van der Waals surface area contributed by atoms with Crippen LogP contribution in [0.2, 0.25) is 10.0 Å². The van der Waals surface area contributed by atoms with E-state index in [1.807, 2.05) is 0 Å². The molecule has 0 amide bonds. The normalized spacial score (nSPS) is 10.7. The number of nitrogens with zero attached hydrogens (tertiary/aromatic N) is 2. The molecule has 0 radical (unpaired) electrons. The number of rotatable bonds is 1. The van der Waals surface area contributed by atoms with Gasteiger partial charge in [-0.05, 0) is 25.1 Å². The van der Waals surface area contributed by atoms with Crippen LogP contribution in [0.1, 0.15) is 5.69 Å². The summed E-state index contributed by atoms with van der Waals surface area (Å²) in [4.78, 5) is 0. The van der Waals surface area contributed by atoms with Gasteiger partial charge in [0.05, 0.1) is 10.7 Å². The second kappa shape index (κ2) is 3.83. The molecule has 0 saturated heterocycles. The highest BCUT2D eigenvalue weighted by Crippen LogP contribution is 2.20. The van der Waals surface area contributed by atoms with Gasteiger partial charge in [-0.3, -0.25) is 0 Å². The highest BCUT2D eigenvalue weighted by molar-refractivity contribution is 6.31. The zero-order valence-corrected chi connectivity index (χ0v) is 9.35. The summed E-state index contributed by atoms with van der Waals surface area (Å²) in [5.41, 5.74) is 0.986. The van der Waals surface area contributed by atoms with Gasteiger partial charge in [0.25, 0.3) is 0 Å². The number of hydrogen-bond donors (Lipinski definition) is 0. The highest BCUT2D eigenvalue weighted by Gasteiger charge is 2.08. The van der Waals surface area contributed by atoms with Crippen molar-refractivity contribution in [1.82, 2.24) is 9.78 Å². The van der Waals surface area contributed by atoms with Crippen molar-refractivity contribution in [2.45, 2.75) is 6.92 Å². The summed E-state index contributed by atoms with van der Waals surface area (Å²) >= 11 is 11.5. The summed E-state index contributed by atoms with van der Waals surface area (Å²) < 4.78 is 14.9. The first-order valence-electron chi connectivity index (χ1n) is 4.25. The van der Waals surface area contributed by atoms with Gasteiger partial charge in [-0.25, -0.2) is 9.07 Å². The molecule has 78 valence electrons. The third kappa shape index (κ3) is 1.98. The van der Waals surface area contributed by atoms with Gasteiger partial charge >= 0.3 is 0 Å². The first-order chi connectivity index (χ1) is 7.08. The van der Waals surface area contributed by atoms with Gasteiger partial charge in [0.15, 0.2) is 0 Å². The van der Waals surface area contributed by atoms with Gasteiger partial charge < -0.3 is 0 Å². The lowest BCUT2D eigenvalue weighted by Gasteiger charge is -2.02. The molecule has 0 unspecified atom stereocenters. The van der Waals surface area contributed by atoms with E-state index in [0.717, 1.165) is 0 Å². The molecule has 2 rings (SSSR count). The third-order valence-corrected chi connectivity index (χ3v) is 2.60. The Morgan fingerprint density at radius 1 is 1.33 bits per heavy atom. The van der Waals surface area contributed by atoms with Crippen LogP contribution >= 0.6 is 23.2 Å². The fourth-order valence-corrected chi connectivity index (χ4v) is 1.52. The molecule has 0 aliphatic heterocycles. The van der Waals surface area contributed by atoms with Crippen LogP contribution in [-0.2, 0) is 0 Å². The molecule has 0 saturated carbocycles. The molecule has 0 aliphatic carbocycles. The van der Waals surface area contributed by atoms with E-state index in [0.29, 0.717) is 21.4 Å². The Hall–Kier alpha value is -1.06. The lowest BCUT2D eigenvalue weighted by atomic mass is 10.3. The van der Waals surface area contributed by atoms with Crippen molar-refractivity contribution in [3.8, 4) is 5.69 Å². The van der Waals surface area contributed by atoms with Crippen LogP contribution in [-0.4, -0.2) is 9.78 Å². The van der Waals surface area contributed by atoms with E-state index < -0.39 is 5.82 Å². The Kier molecular flexibility index (Phi) is 2.67. The molecule has 0 bridgehead atoms. The lowest BCUT2D eigenvalue weighted by Crippen LogP contribution is -1.98. The minimum absolute atomic E-state index is 0.328. The Balaban J connectivity index is 2.54. The van der Waals surface area contributed by atoms with Crippen molar-refractivity contribution in [2.24, 2.45) is 0 Å². The van der Waals surface area contributed by atoms with Crippen LogP contribution in [0.15, 0.2) is 24.4 Å². The van der Waals surface area contributed by atoms with E-state index in [2.05, 4.69) is 5.10 Å². The second-order valence-corrected chi connectivity index (χ2v) is 3.95. The number of benzene rings is 1. The monoisotopic (exact) mass is 244 g/mol. The summed E-state index contributed by atoms with van der Waals surface area (Å²) in [5, 5.41) is 4.93. The predicted octanol–water partition coefficient (Wildman–Crippen LogP) is 3.63. The van der Waals surface area contributed by atoms with E-state index in [1.165, 1.54) is 10.7 Å². The van der Waals surface area contributed by atoms with Crippen LogP contribution in [0.3, 0.4) is 0 Å². The zero-order valence-electron chi connectivity index (χ0n) is 7.84. The minimum Gasteiger partial charge on any atom is -0.236 e. The summed E-state index contributed by atoms with van der Waals surface area (Å²) in [6.07, 6.45) is 1.56. The maximum atomic E-state index is 13.5. The Labute approximate surface area is 96.2 Å². The van der Waals surface area contributed by atoms with Crippen molar-refractivity contribution in [2.75, 3.05) is 0 Å². The highest BCUT2D eigenvalue weighted by atomic mass is 35.5. The van der Waals surface area contributed by atoms with Crippen molar-refractivity contribution in [3.63, 3.8) is 0 Å². The molecule has 0 N–H and O–H groups in total. The summed E-state index contributed by atoms with van der Waals surface area (Å²) in [6, 6.07) is 4.40. The van der Waals surface area contributed by atoms with Gasteiger partial charge in [0.1, 0.15) is 11.5 Å². The van der Waals surface area contributed by atoms with Crippen LogP contribution in [0.4, 0.5) is 4.39 Å². The van der Waals surface area contributed by atoms with Crippen LogP contribution in [0, 0.1) is 12.7 Å². The molecular weight excluding hydrogens is 238 g/mol. The Morgan fingerprint density at radius 3 is 2.60 bits per heavy atom. The fourth-order valence-electron chi connectivity index (χ4n) is 1.23. The first-order valence-corrected chi connectivity index (χ1v) is 5.00. The van der Waals surface area contributed by atoms with Crippen molar-refractivity contribution in [1.29, 1.82) is 0 Å². The van der Waals surface area contributed by atoms with Crippen molar-refractivity contribution < 1.29 is 4.39 Å². The summed E-state index contributed by atoms with van der Waals surface area (Å²) in [6.45, 7) is 1.76. The summed E-state index contributed by atoms with van der Waals surface area (Å²) in [5.74, 6) is -0.429. The van der Waals surface area contributed by atoms with E-state index >= 15 is 0 Å². The number of halogens is 3. The molecule has 5 heteroatoms. The molecular formula is C10H7Cl2FN2. The molecule has 0 atom stereocenters. The zero-order chi connectivity index (χ0) is 11.0. The fraction of sp³-hybridized carbons (Fsp3) is 0.100. The molecule has 0 spiro atoms. The Bertz CT molecular complexity index is 489. The smallest absolute Gasteiger partial charge is 0.150 e. The van der Waals surface area contributed by atoms with Crippen LogP contribution in [0.25, 0.3) is 5.69 Å². The van der Waals surface area contributed by atoms with Gasteiger partial charge in [0.2, 0.25) is 0 Å². The largest absolute Gasteiger partial charge is 0.236 e. The van der Waals surface area contributed by atoms with Crippen LogP contribution in [0.5, 0.6) is 0 Å². The quantitative estimate of drug-likeness (QED) is 0.750. The standard InChI is InChI=1S/C10H7Cl2FN2/c1-6-8(12)5-15(14-6)10-3-2-7(11)4-9(10)13/h2-5H,1H3. The molecule has 0 fully saturated rings. The number of aryl methyl sites for hydroxylation is 1. The van der Waals surface area contributed by atoms with Gasteiger partial charge in [-0.15, -0.1) is 0 Å². The van der Waals surface area contributed by atoms with Gasteiger partial charge in [0, 0.05) is 11.2 Å². The average Bonchev–Trinajstić information content (AvgIpc) is 2.46. The molecule has 1 aromatic heterocycles. The van der Waals surface area contributed by atoms with E-state index in [1.54, 1.807) is 25.3 Å². The maximum absolute atomic E-state index is 13.5. The number of hydrogen-bond acceptors (Lipinski definition) is 1. The van der Waals surface area contributed by atoms with Gasteiger partial charge in [-0.2, -0.15) is 5.10 Å². The first kappa shape index (κ1) is 10.5. The molecule has 2 nitrogen and oxygen atoms in total.